The monoisotopic (exact) mass is 330 g/mol. The summed E-state index contributed by atoms with van der Waals surface area (Å²) in [6.45, 7) is 3.96. The number of esters is 1. The lowest BCUT2D eigenvalue weighted by Gasteiger charge is -2.12. The lowest BCUT2D eigenvalue weighted by molar-refractivity contribution is 0.0378. The van der Waals surface area contributed by atoms with Crippen molar-refractivity contribution in [3.05, 3.63) is 53.6 Å². The molecule has 0 aromatic heterocycles. The summed E-state index contributed by atoms with van der Waals surface area (Å²) in [5, 5.41) is 0. The summed E-state index contributed by atoms with van der Waals surface area (Å²) in [5.41, 5.74) is 1.37. The fourth-order valence-corrected chi connectivity index (χ4v) is 2.13. The Hall–Kier alpha value is -2.69. The Morgan fingerprint density at radius 2 is 1.62 bits per heavy atom. The van der Waals surface area contributed by atoms with Gasteiger partial charge in [0.25, 0.3) is 0 Å². The zero-order valence-electron chi connectivity index (χ0n) is 14.4. The molecule has 0 aliphatic heterocycles. The lowest BCUT2D eigenvalue weighted by atomic mass is 10.2. The summed E-state index contributed by atoms with van der Waals surface area (Å²) in [4.78, 5) is 11.8. The highest BCUT2D eigenvalue weighted by atomic mass is 16.5. The van der Waals surface area contributed by atoms with Crippen LogP contribution >= 0.6 is 0 Å². The Morgan fingerprint density at radius 1 is 0.958 bits per heavy atom. The third-order valence-corrected chi connectivity index (χ3v) is 3.31. The minimum Gasteiger partial charge on any atom is -0.497 e. The minimum absolute atomic E-state index is 0.144. The van der Waals surface area contributed by atoms with E-state index in [1.807, 2.05) is 32.0 Å². The fraction of sp³-hybridized carbons (Fsp3) is 0.316. The van der Waals surface area contributed by atoms with E-state index < -0.39 is 0 Å². The molecule has 24 heavy (non-hydrogen) atoms. The van der Waals surface area contributed by atoms with Crippen LogP contribution in [-0.2, 0) is 11.3 Å². The van der Waals surface area contributed by atoms with Gasteiger partial charge in [-0.1, -0.05) is 0 Å². The Kier molecular flexibility index (Phi) is 6.07. The van der Waals surface area contributed by atoms with E-state index in [-0.39, 0.29) is 12.1 Å². The third kappa shape index (κ3) is 4.65. The van der Waals surface area contributed by atoms with Gasteiger partial charge >= 0.3 is 5.97 Å². The van der Waals surface area contributed by atoms with Crippen LogP contribution in [0.1, 0.15) is 29.8 Å². The summed E-state index contributed by atoms with van der Waals surface area (Å²) in [5.74, 6) is 1.78. The van der Waals surface area contributed by atoms with Gasteiger partial charge < -0.3 is 18.9 Å². The van der Waals surface area contributed by atoms with Crippen LogP contribution in [0, 0.1) is 0 Å². The van der Waals surface area contributed by atoms with Crippen LogP contribution in [0.2, 0.25) is 0 Å². The Balaban J connectivity index is 2.03. The van der Waals surface area contributed by atoms with Crippen LogP contribution in [0.5, 0.6) is 17.2 Å². The molecule has 0 unspecified atom stereocenters. The Morgan fingerprint density at radius 3 is 2.21 bits per heavy atom. The van der Waals surface area contributed by atoms with Gasteiger partial charge in [-0.25, -0.2) is 4.79 Å². The molecule has 2 aromatic carbocycles. The van der Waals surface area contributed by atoms with Gasteiger partial charge in [-0.15, -0.1) is 0 Å². The van der Waals surface area contributed by atoms with Crippen molar-refractivity contribution in [2.45, 2.75) is 26.6 Å². The number of carbonyl (C=O) groups excluding carboxylic acids is 1. The Bertz CT molecular complexity index is 677. The van der Waals surface area contributed by atoms with E-state index in [4.69, 9.17) is 18.9 Å². The number of carbonyl (C=O) groups is 1. The normalized spacial score (nSPS) is 10.4. The molecule has 0 amide bonds. The first-order valence-electron chi connectivity index (χ1n) is 7.68. The zero-order chi connectivity index (χ0) is 17.5. The largest absolute Gasteiger partial charge is 0.497 e. The number of benzene rings is 2. The molecule has 0 heterocycles. The maximum Gasteiger partial charge on any atom is 0.338 e. The average molecular weight is 330 g/mol. The van der Waals surface area contributed by atoms with Crippen LogP contribution in [0.3, 0.4) is 0 Å². The molecule has 0 fully saturated rings. The second kappa shape index (κ2) is 8.24. The van der Waals surface area contributed by atoms with Crippen molar-refractivity contribution in [2.24, 2.45) is 0 Å². The van der Waals surface area contributed by atoms with Gasteiger partial charge in [0.15, 0.2) is 0 Å². The van der Waals surface area contributed by atoms with Crippen LogP contribution in [0.15, 0.2) is 42.5 Å². The van der Waals surface area contributed by atoms with Gasteiger partial charge in [-0.3, -0.25) is 0 Å². The van der Waals surface area contributed by atoms with Gasteiger partial charge in [0.1, 0.15) is 23.9 Å². The lowest BCUT2D eigenvalue weighted by Crippen LogP contribution is -2.11. The van der Waals surface area contributed by atoms with Gasteiger partial charge in [-0.2, -0.15) is 0 Å². The summed E-state index contributed by atoms with van der Waals surface area (Å²) in [6.07, 6.45) is -0.144. The number of hydrogen-bond donors (Lipinski definition) is 0. The van der Waals surface area contributed by atoms with Crippen molar-refractivity contribution < 1.29 is 23.7 Å². The van der Waals surface area contributed by atoms with Gasteiger partial charge in [0, 0.05) is 5.56 Å². The molecule has 0 aliphatic carbocycles. The SMILES string of the molecule is COc1ccc(OC)c(COc2ccc(C(=O)OC(C)C)cc2)c1. The maximum absolute atomic E-state index is 11.8. The maximum atomic E-state index is 11.8. The fourth-order valence-electron chi connectivity index (χ4n) is 2.13. The van der Waals surface area contributed by atoms with E-state index in [0.717, 1.165) is 17.1 Å². The number of rotatable bonds is 7. The van der Waals surface area contributed by atoms with Crippen molar-refractivity contribution in [1.29, 1.82) is 0 Å². The molecule has 0 aliphatic rings. The minimum atomic E-state index is -0.342. The van der Waals surface area contributed by atoms with Crippen LogP contribution < -0.4 is 14.2 Å². The summed E-state index contributed by atoms with van der Waals surface area (Å²) >= 11 is 0. The topological polar surface area (TPSA) is 54.0 Å². The summed E-state index contributed by atoms with van der Waals surface area (Å²) < 4.78 is 21.5. The highest BCUT2D eigenvalue weighted by Crippen LogP contribution is 2.25. The number of ether oxygens (including phenoxy) is 4. The zero-order valence-corrected chi connectivity index (χ0v) is 14.4. The summed E-state index contributed by atoms with van der Waals surface area (Å²) in [7, 11) is 3.22. The van der Waals surface area contributed by atoms with Crippen LogP contribution in [0.4, 0.5) is 0 Å². The van der Waals surface area contributed by atoms with Crippen molar-refractivity contribution in [2.75, 3.05) is 14.2 Å². The third-order valence-electron chi connectivity index (χ3n) is 3.31. The molecule has 2 rings (SSSR count). The molecule has 0 N–H and O–H groups in total. The van der Waals surface area contributed by atoms with Gasteiger partial charge in [0.05, 0.1) is 25.9 Å². The number of methoxy groups -OCH3 is 2. The molecule has 5 nitrogen and oxygen atoms in total. The van der Waals surface area contributed by atoms with E-state index in [9.17, 15) is 4.79 Å². The highest BCUT2D eigenvalue weighted by Gasteiger charge is 2.10. The summed E-state index contributed by atoms with van der Waals surface area (Å²) in [6, 6.07) is 12.4. The van der Waals surface area contributed by atoms with Crippen LogP contribution in [-0.4, -0.2) is 26.3 Å². The molecular weight excluding hydrogens is 308 g/mol. The van der Waals surface area contributed by atoms with Crippen molar-refractivity contribution >= 4 is 5.97 Å². The first kappa shape index (κ1) is 17.7. The van der Waals surface area contributed by atoms with E-state index in [2.05, 4.69) is 0 Å². The van der Waals surface area contributed by atoms with E-state index in [1.54, 1.807) is 38.5 Å². The Labute approximate surface area is 142 Å². The molecule has 2 aromatic rings. The molecule has 0 bridgehead atoms. The molecule has 5 heteroatoms. The molecule has 0 radical (unpaired) electrons. The highest BCUT2D eigenvalue weighted by molar-refractivity contribution is 5.89. The van der Waals surface area contributed by atoms with Crippen molar-refractivity contribution in [3.63, 3.8) is 0 Å². The van der Waals surface area contributed by atoms with E-state index in [0.29, 0.717) is 17.9 Å². The second-order valence-corrected chi connectivity index (χ2v) is 5.44. The van der Waals surface area contributed by atoms with Crippen molar-refractivity contribution in [1.82, 2.24) is 0 Å². The smallest absolute Gasteiger partial charge is 0.338 e. The molecule has 0 saturated heterocycles. The van der Waals surface area contributed by atoms with Gasteiger partial charge in [-0.05, 0) is 56.3 Å². The molecule has 0 spiro atoms. The molecular formula is C19H22O5. The van der Waals surface area contributed by atoms with E-state index >= 15 is 0 Å². The van der Waals surface area contributed by atoms with Crippen LogP contribution in [0.25, 0.3) is 0 Å². The predicted molar refractivity (Wildman–Crippen MR) is 90.9 cm³/mol. The number of hydrogen-bond acceptors (Lipinski definition) is 5. The second-order valence-electron chi connectivity index (χ2n) is 5.44. The average Bonchev–Trinajstić information content (AvgIpc) is 2.59. The first-order chi connectivity index (χ1) is 11.5. The van der Waals surface area contributed by atoms with Crippen molar-refractivity contribution in [3.8, 4) is 17.2 Å². The quantitative estimate of drug-likeness (QED) is 0.722. The standard InChI is InChI=1S/C19H22O5/c1-13(2)24-19(20)14-5-7-16(8-6-14)23-12-15-11-17(21-3)9-10-18(15)22-4/h5-11,13H,12H2,1-4H3. The van der Waals surface area contributed by atoms with Gasteiger partial charge in [0.2, 0.25) is 0 Å². The molecule has 0 atom stereocenters. The molecule has 128 valence electrons. The molecule has 0 saturated carbocycles. The van der Waals surface area contributed by atoms with E-state index in [1.165, 1.54) is 0 Å². The first-order valence-corrected chi connectivity index (χ1v) is 7.68. The predicted octanol–water partition coefficient (Wildman–Crippen LogP) is 3.85.